The normalized spacial score (nSPS) is 27.2. The average Bonchev–Trinajstić information content (AvgIpc) is 2.48. The second-order valence-electron chi connectivity index (χ2n) is 5.13. The lowest BCUT2D eigenvalue weighted by atomic mass is 9.97. The highest BCUT2D eigenvalue weighted by Crippen LogP contribution is 2.25. The van der Waals surface area contributed by atoms with Crippen LogP contribution in [0.4, 0.5) is 4.39 Å². The SMILES string of the molecule is Cc1cnn(C)c1CN1CCCC(C)(F)C1. The van der Waals surface area contributed by atoms with Crippen molar-refractivity contribution in [2.75, 3.05) is 13.1 Å². The van der Waals surface area contributed by atoms with E-state index in [4.69, 9.17) is 0 Å². The van der Waals surface area contributed by atoms with Gasteiger partial charge in [-0.1, -0.05) is 0 Å². The Morgan fingerprint density at radius 3 is 2.88 bits per heavy atom. The van der Waals surface area contributed by atoms with Crippen molar-refractivity contribution in [2.24, 2.45) is 7.05 Å². The van der Waals surface area contributed by atoms with Crippen LogP contribution in [-0.4, -0.2) is 33.4 Å². The zero-order chi connectivity index (χ0) is 11.8. The summed E-state index contributed by atoms with van der Waals surface area (Å²) in [4.78, 5) is 2.19. The van der Waals surface area contributed by atoms with Gasteiger partial charge in [0, 0.05) is 20.1 Å². The molecule has 16 heavy (non-hydrogen) atoms. The summed E-state index contributed by atoms with van der Waals surface area (Å²) in [6, 6.07) is 0. The van der Waals surface area contributed by atoms with Crippen LogP contribution >= 0.6 is 0 Å². The Morgan fingerprint density at radius 1 is 1.56 bits per heavy atom. The molecule has 1 saturated heterocycles. The van der Waals surface area contributed by atoms with Crippen LogP contribution in [0.5, 0.6) is 0 Å². The molecule has 1 aromatic heterocycles. The molecule has 1 aliphatic rings. The Morgan fingerprint density at radius 2 is 2.31 bits per heavy atom. The number of hydrogen-bond donors (Lipinski definition) is 0. The van der Waals surface area contributed by atoms with Crippen molar-refractivity contribution >= 4 is 0 Å². The van der Waals surface area contributed by atoms with Gasteiger partial charge in [0.25, 0.3) is 0 Å². The molecule has 1 atom stereocenters. The number of halogens is 1. The smallest absolute Gasteiger partial charge is 0.120 e. The zero-order valence-corrected chi connectivity index (χ0v) is 10.3. The number of nitrogens with zero attached hydrogens (tertiary/aromatic N) is 3. The largest absolute Gasteiger partial charge is 0.294 e. The van der Waals surface area contributed by atoms with Gasteiger partial charge in [-0.05, 0) is 38.8 Å². The fourth-order valence-electron chi connectivity index (χ4n) is 2.44. The van der Waals surface area contributed by atoms with Gasteiger partial charge in [-0.25, -0.2) is 4.39 Å². The predicted octanol–water partition coefficient (Wildman–Crippen LogP) is 2.05. The van der Waals surface area contributed by atoms with E-state index in [1.165, 1.54) is 11.3 Å². The van der Waals surface area contributed by atoms with E-state index < -0.39 is 5.67 Å². The first-order valence-electron chi connectivity index (χ1n) is 5.87. The van der Waals surface area contributed by atoms with Gasteiger partial charge in [0.05, 0.1) is 11.9 Å². The molecular formula is C12H20FN3. The molecule has 0 aromatic carbocycles. The summed E-state index contributed by atoms with van der Waals surface area (Å²) in [7, 11) is 1.95. The Bertz CT molecular complexity index is 351. The summed E-state index contributed by atoms with van der Waals surface area (Å²) in [5.41, 5.74) is 1.36. The molecule has 2 rings (SSSR count). The molecule has 1 fully saturated rings. The molecule has 1 aliphatic heterocycles. The van der Waals surface area contributed by atoms with Gasteiger partial charge >= 0.3 is 0 Å². The van der Waals surface area contributed by atoms with Crippen LogP contribution in [0.25, 0.3) is 0 Å². The monoisotopic (exact) mass is 225 g/mol. The van der Waals surface area contributed by atoms with Crippen molar-refractivity contribution in [3.63, 3.8) is 0 Å². The molecule has 0 bridgehead atoms. The lowest BCUT2D eigenvalue weighted by Crippen LogP contribution is -2.43. The Labute approximate surface area is 96.2 Å². The van der Waals surface area contributed by atoms with E-state index in [0.29, 0.717) is 13.0 Å². The van der Waals surface area contributed by atoms with Crippen LogP contribution < -0.4 is 0 Å². The molecule has 1 unspecified atom stereocenters. The average molecular weight is 225 g/mol. The van der Waals surface area contributed by atoms with Crippen molar-refractivity contribution in [2.45, 2.75) is 38.9 Å². The minimum absolute atomic E-state index is 0.539. The first-order valence-corrected chi connectivity index (χ1v) is 5.87. The lowest BCUT2D eigenvalue weighted by Gasteiger charge is -2.35. The highest BCUT2D eigenvalue weighted by Gasteiger charge is 2.30. The van der Waals surface area contributed by atoms with E-state index in [0.717, 1.165) is 19.5 Å². The minimum atomic E-state index is -1.02. The molecule has 0 radical (unpaired) electrons. The van der Waals surface area contributed by atoms with Gasteiger partial charge in [0.2, 0.25) is 0 Å². The van der Waals surface area contributed by atoms with Gasteiger partial charge in [0.1, 0.15) is 5.67 Å². The van der Waals surface area contributed by atoms with Gasteiger partial charge < -0.3 is 0 Å². The van der Waals surface area contributed by atoms with Gasteiger partial charge in [0.15, 0.2) is 0 Å². The summed E-state index contributed by atoms with van der Waals surface area (Å²) in [6.07, 6.45) is 3.51. The predicted molar refractivity (Wildman–Crippen MR) is 62.0 cm³/mol. The summed E-state index contributed by atoms with van der Waals surface area (Å²) >= 11 is 0. The van der Waals surface area contributed by atoms with E-state index in [1.807, 2.05) is 17.9 Å². The van der Waals surface area contributed by atoms with Crippen molar-refractivity contribution in [3.8, 4) is 0 Å². The van der Waals surface area contributed by atoms with Crippen LogP contribution in [-0.2, 0) is 13.6 Å². The number of aromatic nitrogens is 2. The van der Waals surface area contributed by atoms with Gasteiger partial charge in [-0.3, -0.25) is 9.58 Å². The lowest BCUT2D eigenvalue weighted by molar-refractivity contribution is 0.0549. The third-order valence-corrected chi connectivity index (χ3v) is 3.37. The van der Waals surface area contributed by atoms with Crippen LogP contribution in [0.1, 0.15) is 31.0 Å². The molecule has 0 amide bonds. The number of alkyl halides is 1. The Balaban J connectivity index is 2.05. The highest BCUT2D eigenvalue weighted by atomic mass is 19.1. The number of piperidine rings is 1. The first-order chi connectivity index (χ1) is 7.48. The van der Waals surface area contributed by atoms with E-state index in [1.54, 1.807) is 6.92 Å². The summed E-state index contributed by atoms with van der Waals surface area (Å²) < 4.78 is 15.8. The fraction of sp³-hybridized carbons (Fsp3) is 0.750. The van der Waals surface area contributed by atoms with Gasteiger partial charge in [-0.2, -0.15) is 5.10 Å². The van der Waals surface area contributed by atoms with Gasteiger partial charge in [-0.15, -0.1) is 0 Å². The molecule has 2 heterocycles. The van der Waals surface area contributed by atoms with Crippen molar-refractivity contribution in [3.05, 3.63) is 17.5 Å². The van der Waals surface area contributed by atoms with E-state index in [-0.39, 0.29) is 0 Å². The van der Waals surface area contributed by atoms with Crippen LogP contribution in [0, 0.1) is 6.92 Å². The fourth-order valence-corrected chi connectivity index (χ4v) is 2.44. The zero-order valence-electron chi connectivity index (χ0n) is 10.3. The molecule has 3 nitrogen and oxygen atoms in total. The number of likely N-dealkylation sites (tertiary alicyclic amines) is 1. The standard InChI is InChI=1S/C12H20FN3/c1-10-7-14-15(3)11(10)8-16-6-4-5-12(2,13)9-16/h7H,4-6,8-9H2,1-3H3. The number of aryl methyl sites for hydroxylation is 2. The number of rotatable bonds is 2. The first kappa shape index (κ1) is 11.6. The highest BCUT2D eigenvalue weighted by molar-refractivity contribution is 5.15. The third-order valence-electron chi connectivity index (χ3n) is 3.37. The molecule has 90 valence electrons. The molecule has 1 aromatic rings. The maximum Gasteiger partial charge on any atom is 0.120 e. The van der Waals surface area contributed by atoms with Crippen molar-refractivity contribution in [1.29, 1.82) is 0 Å². The Hall–Kier alpha value is -0.900. The topological polar surface area (TPSA) is 21.1 Å². The quantitative estimate of drug-likeness (QED) is 0.768. The van der Waals surface area contributed by atoms with Crippen molar-refractivity contribution < 1.29 is 4.39 Å². The molecule has 0 aliphatic carbocycles. The molecule has 0 saturated carbocycles. The molecule has 4 heteroatoms. The second kappa shape index (κ2) is 4.17. The van der Waals surface area contributed by atoms with E-state index in [2.05, 4.69) is 16.9 Å². The maximum atomic E-state index is 13.9. The molecule has 0 spiro atoms. The van der Waals surface area contributed by atoms with E-state index >= 15 is 0 Å². The second-order valence-corrected chi connectivity index (χ2v) is 5.13. The van der Waals surface area contributed by atoms with E-state index in [9.17, 15) is 4.39 Å². The molecule has 0 N–H and O–H groups in total. The molecular weight excluding hydrogens is 205 g/mol. The number of hydrogen-bond acceptors (Lipinski definition) is 2. The van der Waals surface area contributed by atoms with Crippen molar-refractivity contribution in [1.82, 2.24) is 14.7 Å². The summed E-state index contributed by atoms with van der Waals surface area (Å²) in [5, 5.41) is 4.21. The van der Waals surface area contributed by atoms with Crippen LogP contribution in [0.15, 0.2) is 6.20 Å². The third kappa shape index (κ3) is 2.43. The maximum absolute atomic E-state index is 13.9. The van der Waals surface area contributed by atoms with Crippen LogP contribution in [0.2, 0.25) is 0 Å². The van der Waals surface area contributed by atoms with Crippen LogP contribution in [0.3, 0.4) is 0 Å². The minimum Gasteiger partial charge on any atom is -0.294 e. The summed E-state index contributed by atoms with van der Waals surface area (Å²) in [5.74, 6) is 0. The Kier molecular flexibility index (Phi) is 3.02. The summed E-state index contributed by atoms with van der Waals surface area (Å²) in [6.45, 7) is 6.10.